The molecule has 0 aliphatic heterocycles. The first-order valence-electron chi connectivity index (χ1n) is 3.80. The highest BCUT2D eigenvalue weighted by molar-refractivity contribution is 14.2. The molecule has 0 unspecified atom stereocenters. The van der Waals surface area contributed by atoms with Gasteiger partial charge in [-0.25, -0.2) is 4.39 Å². The molecule has 0 saturated carbocycles. The molecule has 0 nitrogen and oxygen atoms in total. The Morgan fingerprint density at radius 1 is 1.23 bits per heavy atom. The Kier molecular flexibility index (Phi) is 4.15. The Balaban J connectivity index is 3.25. The molecule has 3 heteroatoms. The van der Waals surface area contributed by atoms with E-state index in [1.807, 2.05) is 77.2 Å². The molecule has 1 aromatic carbocycles. The van der Waals surface area contributed by atoms with E-state index in [-0.39, 0.29) is 5.83 Å². The number of hydrogen-bond acceptors (Lipinski definition) is 0. The van der Waals surface area contributed by atoms with Gasteiger partial charge in [-0.2, -0.15) is 0 Å². The van der Waals surface area contributed by atoms with Gasteiger partial charge in [-0.05, 0) is 64.6 Å². The van der Waals surface area contributed by atoms with E-state index >= 15 is 0 Å². The molecule has 13 heavy (non-hydrogen) atoms. The summed E-state index contributed by atoms with van der Waals surface area (Å²) >= 11 is 3.98. The molecule has 0 heterocycles. The summed E-state index contributed by atoms with van der Waals surface area (Å²) in [5.74, 6) is -0.126. The fourth-order valence-electron chi connectivity index (χ4n) is 1.16. The fourth-order valence-corrected chi connectivity index (χ4v) is 1.74. The number of aryl methyl sites for hydroxylation is 2. The van der Waals surface area contributed by atoms with Crippen LogP contribution < -0.4 is 0 Å². The minimum absolute atomic E-state index is 0.126. The highest BCUT2D eigenvalue weighted by atomic mass is 127. The van der Waals surface area contributed by atoms with Crippen molar-refractivity contribution < 1.29 is 4.39 Å². The van der Waals surface area contributed by atoms with Gasteiger partial charge in [0.05, 0.1) is 1.59 Å². The van der Waals surface area contributed by atoms with Crippen LogP contribution in [0, 0.1) is 13.8 Å². The second-order valence-corrected chi connectivity index (χ2v) is 7.11. The first kappa shape index (κ1) is 11.4. The molecule has 0 amide bonds. The normalized spacial score (nSPS) is 9.92. The van der Waals surface area contributed by atoms with Crippen LogP contribution in [0.2, 0.25) is 0 Å². The van der Waals surface area contributed by atoms with Crippen molar-refractivity contribution >= 4 is 51.0 Å². The molecular formula is C10H9FI2. The predicted molar refractivity (Wildman–Crippen MR) is 72.0 cm³/mol. The monoisotopic (exact) mass is 402 g/mol. The molecule has 0 saturated heterocycles. The number of rotatable bonds is 1. The average Bonchev–Trinajstić information content (AvgIpc) is 2.03. The van der Waals surface area contributed by atoms with Crippen LogP contribution in [-0.4, -0.2) is 0 Å². The van der Waals surface area contributed by atoms with E-state index in [4.69, 9.17) is 0 Å². The highest BCUT2D eigenvalue weighted by Gasteiger charge is 2.07. The summed E-state index contributed by atoms with van der Waals surface area (Å²) in [5.41, 5.74) is 2.85. The van der Waals surface area contributed by atoms with E-state index < -0.39 is 0 Å². The van der Waals surface area contributed by atoms with Gasteiger partial charge in [0.1, 0.15) is 5.83 Å². The smallest absolute Gasteiger partial charge is 0.150 e. The van der Waals surface area contributed by atoms with Gasteiger partial charge >= 0.3 is 0 Å². The topological polar surface area (TPSA) is 0 Å². The minimum Gasteiger partial charge on any atom is -0.205 e. The van der Waals surface area contributed by atoms with Crippen molar-refractivity contribution in [2.45, 2.75) is 13.8 Å². The van der Waals surface area contributed by atoms with E-state index in [9.17, 15) is 4.39 Å². The van der Waals surface area contributed by atoms with Crippen molar-refractivity contribution in [3.05, 3.63) is 36.5 Å². The van der Waals surface area contributed by atoms with Crippen molar-refractivity contribution in [3.63, 3.8) is 0 Å². The van der Waals surface area contributed by atoms with Crippen LogP contribution in [0.3, 0.4) is 0 Å². The Morgan fingerprint density at radius 3 is 2.31 bits per heavy atom. The number of halogens is 3. The zero-order valence-electron chi connectivity index (χ0n) is 7.37. The molecule has 0 N–H and O–H groups in total. The zero-order valence-corrected chi connectivity index (χ0v) is 11.7. The molecule has 0 fully saturated rings. The van der Waals surface area contributed by atoms with Crippen LogP contribution in [-0.2, 0) is 0 Å². The van der Waals surface area contributed by atoms with E-state index in [0.29, 0.717) is 7.15 Å². The average molecular weight is 402 g/mol. The Labute approximate surface area is 105 Å². The van der Waals surface area contributed by atoms with Gasteiger partial charge in [0.25, 0.3) is 0 Å². The van der Waals surface area contributed by atoms with Crippen molar-refractivity contribution in [1.29, 1.82) is 0 Å². The summed E-state index contributed by atoms with van der Waals surface area (Å²) in [6.45, 7) is 3.94. The van der Waals surface area contributed by atoms with E-state index in [1.54, 1.807) is 0 Å². The maximum Gasteiger partial charge on any atom is 0.150 e. The fraction of sp³-hybridized carbons (Fsp3) is 0.200. The molecule has 0 bridgehead atoms. The van der Waals surface area contributed by atoms with Crippen LogP contribution in [0.15, 0.2) is 19.8 Å². The Bertz CT molecular complexity index is 352. The minimum atomic E-state index is -0.126. The zero-order chi connectivity index (χ0) is 10.0. The van der Waals surface area contributed by atoms with Gasteiger partial charge in [0, 0.05) is 5.56 Å². The second kappa shape index (κ2) is 4.72. The lowest BCUT2D eigenvalue weighted by Gasteiger charge is -2.04. The SMILES string of the molecule is Cc1ccc(C(F)=C(I)I)c(C)c1. The molecule has 0 aliphatic rings. The standard InChI is InChI=1S/C10H9FI2/c1-6-3-4-8(7(2)5-6)9(11)10(12)13/h3-5H,1-2H3. The van der Waals surface area contributed by atoms with Crippen molar-refractivity contribution in [3.8, 4) is 0 Å². The summed E-state index contributed by atoms with van der Waals surface area (Å²) in [6.07, 6.45) is 0. The molecule has 0 radical (unpaired) electrons. The molecule has 0 aliphatic carbocycles. The van der Waals surface area contributed by atoms with Gasteiger partial charge in [0.2, 0.25) is 0 Å². The number of hydrogen-bond donors (Lipinski definition) is 0. The van der Waals surface area contributed by atoms with Gasteiger partial charge in [-0.3, -0.25) is 0 Å². The van der Waals surface area contributed by atoms with Crippen LogP contribution in [0.5, 0.6) is 0 Å². The quantitative estimate of drug-likeness (QED) is 0.594. The third-order valence-corrected chi connectivity index (χ3v) is 2.73. The first-order valence-corrected chi connectivity index (χ1v) is 5.96. The first-order chi connectivity index (χ1) is 6.02. The molecule has 0 spiro atoms. The summed E-state index contributed by atoms with van der Waals surface area (Å²) in [5, 5.41) is 0. The summed E-state index contributed by atoms with van der Waals surface area (Å²) < 4.78 is 14.2. The van der Waals surface area contributed by atoms with Gasteiger partial charge in [-0.15, -0.1) is 0 Å². The Morgan fingerprint density at radius 2 is 1.85 bits per heavy atom. The number of benzene rings is 1. The summed E-state index contributed by atoms with van der Waals surface area (Å²) in [6, 6.07) is 5.75. The maximum absolute atomic E-state index is 13.5. The lowest BCUT2D eigenvalue weighted by atomic mass is 10.1. The Hall–Kier alpha value is 0.350. The molecule has 0 aromatic heterocycles. The molecular weight excluding hydrogens is 393 g/mol. The third kappa shape index (κ3) is 2.90. The van der Waals surface area contributed by atoms with Crippen LogP contribution >= 0.6 is 45.2 Å². The van der Waals surface area contributed by atoms with Gasteiger partial charge in [0.15, 0.2) is 0 Å². The largest absolute Gasteiger partial charge is 0.205 e. The van der Waals surface area contributed by atoms with E-state index in [2.05, 4.69) is 0 Å². The lowest BCUT2D eigenvalue weighted by molar-refractivity contribution is 0.760. The lowest BCUT2D eigenvalue weighted by Crippen LogP contribution is -1.85. The molecule has 70 valence electrons. The van der Waals surface area contributed by atoms with E-state index in [0.717, 1.165) is 11.1 Å². The van der Waals surface area contributed by atoms with Crippen molar-refractivity contribution in [2.24, 2.45) is 0 Å². The van der Waals surface area contributed by atoms with Crippen LogP contribution in [0.1, 0.15) is 16.7 Å². The second-order valence-electron chi connectivity index (χ2n) is 2.89. The van der Waals surface area contributed by atoms with Gasteiger partial charge < -0.3 is 0 Å². The summed E-state index contributed by atoms with van der Waals surface area (Å²) in [7, 11) is 0. The third-order valence-electron chi connectivity index (χ3n) is 1.78. The van der Waals surface area contributed by atoms with Crippen molar-refractivity contribution in [2.75, 3.05) is 0 Å². The molecule has 1 rings (SSSR count). The maximum atomic E-state index is 13.5. The molecule has 0 atom stereocenters. The summed E-state index contributed by atoms with van der Waals surface area (Å²) in [4.78, 5) is 0. The van der Waals surface area contributed by atoms with E-state index in [1.165, 1.54) is 0 Å². The van der Waals surface area contributed by atoms with Gasteiger partial charge in [-0.1, -0.05) is 23.8 Å². The molecule has 1 aromatic rings. The highest BCUT2D eigenvalue weighted by Crippen LogP contribution is 2.31. The van der Waals surface area contributed by atoms with Crippen molar-refractivity contribution in [1.82, 2.24) is 0 Å². The predicted octanol–water partition coefficient (Wildman–Crippen LogP) is 4.77. The van der Waals surface area contributed by atoms with Crippen LogP contribution in [0.4, 0.5) is 4.39 Å². The van der Waals surface area contributed by atoms with Crippen LogP contribution in [0.25, 0.3) is 5.83 Å².